The van der Waals surface area contributed by atoms with E-state index in [2.05, 4.69) is 5.32 Å². The summed E-state index contributed by atoms with van der Waals surface area (Å²) in [5.74, 6) is 0.0842. The highest BCUT2D eigenvalue weighted by Crippen LogP contribution is 2.33. The molecule has 3 nitrogen and oxygen atoms in total. The molecule has 2 N–H and O–H groups in total. The van der Waals surface area contributed by atoms with Crippen LogP contribution < -0.4 is 5.32 Å². The third kappa shape index (κ3) is 1.33. The minimum atomic E-state index is -0.680. The van der Waals surface area contributed by atoms with Crippen LogP contribution in [-0.4, -0.2) is 23.2 Å². The fourth-order valence-corrected chi connectivity index (χ4v) is 2.52. The van der Waals surface area contributed by atoms with Gasteiger partial charge in [0.1, 0.15) is 6.04 Å². The Kier molecular flexibility index (Phi) is 2.05. The highest BCUT2D eigenvalue weighted by Gasteiger charge is 2.35. The zero-order valence-electron chi connectivity index (χ0n) is 7.12. The average molecular weight is 169 g/mol. The van der Waals surface area contributed by atoms with Crippen molar-refractivity contribution >= 4 is 5.97 Å². The molecule has 0 unspecified atom stereocenters. The molecule has 1 saturated carbocycles. The molecule has 0 aromatic heterocycles. The molecule has 0 radical (unpaired) electrons. The van der Waals surface area contributed by atoms with Crippen LogP contribution in [0.4, 0.5) is 0 Å². The Morgan fingerprint density at radius 1 is 1.25 bits per heavy atom. The second-order valence-corrected chi connectivity index (χ2v) is 3.93. The predicted molar refractivity (Wildman–Crippen MR) is 44.9 cm³/mol. The summed E-state index contributed by atoms with van der Waals surface area (Å²) in [5.41, 5.74) is 0. The molecule has 1 saturated heterocycles. The van der Waals surface area contributed by atoms with Crippen molar-refractivity contribution < 1.29 is 9.90 Å². The molecule has 12 heavy (non-hydrogen) atoms. The lowest BCUT2D eigenvalue weighted by atomic mass is 9.90. The van der Waals surface area contributed by atoms with Crippen LogP contribution in [0.15, 0.2) is 0 Å². The predicted octanol–water partition coefficient (Wildman–Crippen LogP) is 0.992. The molecule has 2 fully saturated rings. The van der Waals surface area contributed by atoms with Gasteiger partial charge in [0.25, 0.3) is 0 Å². The zero-order chi connectivity index (χ0) is 8.55. The van der Waals surface area contributed by atoms with E-state index in [0.717, 1.165) is 18.8 Å². The van der Waals surface area contributed by atoms with Crippen LogP contribution in [0, 0.1) is 5.92 Å². The van der Waals surface area contributed by atoms with Crippen LogP contribution in [0.5, 0.6) is 0 Å². The van der Waals surface area contributed by atoms with Gasteiger partial charge in [-0.1, -0.05) is 6.42 Å². The number of carbonyl (C=O) groups is 1. The highest BCUT2D eigenvalue weighted by molar-refractivity contribution is 5.73. The largest absolute Gasteiger partial charge is 0.480 e. The van der Waals surface area contributed by atoms with Gasteiger partial charge in [-0.3, -0.25) is 4.79 Å². The molecule has 2 rings (SSSR count). The normalized spacial score (nSPS) is 40.8. The molecule has 1 aliphatic carbocycles. The van der Waals surface area contributed by atoms with Gasteiger partial charge in [0.05, 0.1) is 0 Å². The molecule has 68 valence electrons. The minimum absolute atomic E-state index is 0.274. The van der Waals surface area contributed by atoms with E-state index in [1.807, 2.05) is 0 Å². The number of carboxylic acid groups (broad SMARTS) is 1. The van der Waals surface area contributed by atoms with Crippen molar-refractivity contribution in [1.29, 1.82) is 0 Å². The molecule has 0 bridgehead atoms. The first kappa shape index (κ1) is 8.05. The van der Waals surface area contributed by atoms with Gasteiger partial charge < -0.3 is 10.4 Å². The summed E-state index contributed by atoms with van der Waals surface area (Å²) in [6.45, 7) is 0. The van der Waals surface area contributed by atoms with Gasteiger partial charge >= 0.3 is 5.97 Å². The van der Waals surface area contributed by atoms with Gasteiger partial charge in [-0.05, 0) is 31.6 Å². The fraction of sp³-hybridized carbons (Fsp3) is 0.889. The molecule has 3 atom stereocenters. The fourth-order valence-electron chi connectivity index (χ4n) is 2.52. The highest BCUT2D eigenvalue weighted by atomic mass is 16.4. The standard InChI is InChI=1S/C9H15NO2/c11-9(12)8-5-4-6-2-1-3-7(6)10-8/h6-8,10H,1-5H2,(H,11,12)/t6-,7-,8-/m0/s1. The Hall–Kier alpha value is -0.570. The van der Waals surface area contributed by atoms with E-state index >= 15 is 0 Å². The van der Waals surface area contributed by atoms with E-state index in [9.17, 15) is 4.79 Å². The van der Waals surface area contributed by atoms with E-state index in [4.69, 9.17) is 5.11 Å². The lowest BCUT2D eigenvalue weighted by Crippen LogP contribution is -2.48. The molecule has 0 aromatic rings. The first-order chi connectivity index (χ1) is 5.77. The molecule has 2 aliphatic rings. The Morgan fingerprint density at radius 2 is 2.08 bits per heavy atom. The van der Waals surface area contributed by atoms with Gasteiger partial charge in [-0.25, -0.2) is 0 Å². The van der Waals surface area contributed by atoms with Crippen molar-refractivity contribution in [2.75, 3.05) is 0 Å². The Bertz CT molecular complexity index is 193. The zero-order valence-corrected chi connectivity index (χ0v) is 7.12. The molecular formula is C9H15NO2. The van der Waals surface area contributed by atoms with Crippen LogP contribution in [0.25, 0.3) is 0 Å². The second kappa shape index (κ2) is 3.05. The van der Waals surface area contributed by atoms with E-state index in [1.54, 1.807) is 0 Å². The first-order valence-corrected chi connectivity index (χ1v) is 4.76. The van der Waals surface area contributed by atoms with Crippen LogP contribution in [0.2, 0.25) is 0 Å². The summed E-state index contributed by atoms with van der Waals surface area (Å²) in [7, 11) is 0. The first-order valence-electron chi connectivity index (χ1n) is 4.76. The number of piperidine rings is 1. The Labute approximate surface area is 72.2 Å². The summed E-state index contributed by atoms with van der Waals surface area (Å²) < 4.78 is 0. The summed E-state index contributed by atoms with van der Waals surface area (Å²) >= 11 is 0. The molecule has 0 spiro atoms. The van der Waals surface area contributed by atoms with Gasteiger partial charge in [0, 0.05) is 6.04 Å². The van der Waals surface area contributed by atoms with Crippen LogP contribution in [0.1, 0.15) is 32.1 Å². The van der Waals surface area contributed by atoms with Crippen LogP contribution >= 0.6 is 0 Å². The molecule has 0 amide bonds. The van der Waals surface area contributed by atoms with Gasteiger partial charge in [0.2, 0.25) is 0 Å². The molecule has 3 heteroatoms. The van der Waals surface area contributed by atoms with E-state index in [1.165, 1.54) is 19.3 Å². The smallest absolute Gasteiger partial charge is 0.320 e. The SMILES string of the molecule is O=C(O)[C@@H]1CC[C@@H]2CCC[C@@H]2N1. The monoisotopic (exact) mass is 169 g/mol. The Balaban J connectivity index is 1.96. The van der Waals surface area contributed by atoms with Crippen molar-refractivity contribution in [2.45, 2.75) is 44.2 Å². The summed E-state index contributed by atoms with van der Waals surface area (Å²) in [6, 6.07) is 0.226. The summed E-state index contributed by atoms with van der Waals surface area (Å²) in [5, 5.41) is 12.0. The number of carboxylic acids is 1. The number of aliphatic carboxylic acids is 1. The van der Waals surface area contributed by atoms with E-state index in [0.29, 0.717) is 6.04 Å². The lowest BCUT2D eigenvalue weighted by molar-refractivity contribution is -0.140. The Morgan fingerprint density at radius 3 is 2.83 bits per heavy atom. The lowest BCUT2D eigenvalue weighted by Gasteiger charge is -2.31. The molecule has 0 aromatic carbocycles. The number of fused-ring (bicyclic) bond motifs is 1. The molecule has 1 aliphatic heterocycles. The number of rotatable bonds is 1. The van der Waals surface area contributed by atoms with Gasteiger partial charge in [-0.15, -0.1) is 0 Å². The van der Waals surface area contributed by atoms with Crippen LogP contribution in [0.3, 0.4) is 0 Å². The van der Waals surface area contributed by atoms with Crippen molar-refractivity contribution in [2.24, 2.45) is 5.92 Å². The van der Waals surface area contributed by atoms with E-state index in [-0.39, 0.29) is 6.04 Å². The third-order valence-electron chi connectivity index (χ3n) is 3.20. The number of hydrogen-bond donors (Lipinski definition) is 2. The molecular weight excluding hydrogens is 154 g/mol. The quantitative estimate of drug-likeness (QED) is 0.615. The second-order valence-electron chi connectivity index (χ2n) is 3.93. The van der Waals surface area contributed by atoms with Crippen LogP contribution in [-0.2, 0) is 4.79 Å². The maximum Gasteiger partial charge on any atom is 0.320 e. The third-order valence-corrected chi connectivity index (χ3v) is 3.20. The van der Waals surface area contributed by atoms with Crippen molar-refractivity contribution in [3.8, 4) is 0 Å². The van der Waals surface area contributed by atoms with Gasteiger partial charge in [-0.2, -0.15) is 0 Å². The maximum absolute atomic E-state index is 10.7. The number of nitrogens with one attached hydrogen (secondary N) is 1. The topological polar surface area (TPSA) is 49.3 Å². The summed E-state index contributed by atoms with van der Waals surface area (Å²) in [4.78, 5) is 10.7. The van der Waals surface area contributed by atoms with Crippen molar-refractivity contribution in [3.63, 3.8) is 0 Å². The molecule has 1 heterocycles. The van der Waals surface area contributed by atoms with Crippen molar-refractivity contribution in [3.05, 3.63) is 0 Å². The van der Waals surface area contributed by atoms with E-state index < -0.39 is 5.97 Å². The summed E-state index contributed by atoms with van der Waals surface area (Å²) in [6.07, 6.45) is 5.66. The average Bonchev–Trinajstić information content (AvgIpc) is 2.49. The van der Waals surface area contributed by atoms with Gasteiger partial charge in [0.15, 0.2) is 0 Å². The van der Waals surface area contributed by atoms with Crippen molar-refractivity contribution in [1.82, 2.24) is 5.32 Å². The maximum atomic E-state index is 10.7. The number of hydrogen-bond acceptors (Lipinski definition) is 2. The minimum Gasteiger partial charge on any atom is -0.480 e.